The predicted octanol–water partition coefficient (Wildman–Crippen LogP) is 2.95. The Hall–Kier alpha value is -2.60. The van der Waals surface area contributed by atoms with E-state index in [4.69, 9.17) is 21.6 Å². The van der Waals surface area contributed by atoms with Crippen LogP contribution >= 0.6 is 24.0 Å². The van der Waals surface area contributed by atoms with Crippen molar-refractivity contribution in [1.82, 2.24) is 20.8 Å². The highest BCUT2D eigenvalue weighted by Gasteiger charge is 2.25. The molecule has 32 heavy (non-hydrogen) atoms. The normalized spacial score (nSPS) is 20.6. The Morgan fingerprint density at radius 1 is 1.16 bits per heavy atom. The molecule has 2 fully saturated rings. The standard InChI is InChI=1S/C22H25ClN6O2.ClH/c23-19-13-18(4-1-15(19)14-24)31-17-5-2-16(3-6-17)26-22(30)20-7-8-21(28-27-20)29-11-9-25-10-12-29;/h1,4,7-8,13,16-17,25H,2-3,5-6,9-12H2,(H,26,30);1H. The molecule has 1 saturated carbocycles. The van der Waals surface area contributed by atoms with Gasteiger partial charge in [-0.05, 0) is 49.9 Å². The summed E-state index contributed by atoms with van der Waals surface area (Å²) < 4.78 is 6.01. The van der Waals surface area contributed by atoms with Crippen molar-refractivity contribution in [2.75, 3.05) is 31.1 Å². The van der Waals surface area contributed by atoms with Crippen LogP contribution in [0.2, 0.25) is 5.02 Å². The Morgan fingerprint density at radius 3 is 2.53 bits per heavy atom. The number of carbonyl (C=O) groups excluding carboxylic acids is 1. The van der Waals surface area contributed by atoms with Crippen LogP contribution < -0.4 is 20.3 Å². The molecule has 1 aliphatic heterocycles. The second-order valence-electron chi connectivity index (χ2n) is 7.83. The summed E-state index contributed by atoms with van der Waals surface area (Å²) in [5.41, 5.74) is 0.772. The zero-order chi connectivity index (χ0) is 21.6. The van der Waals surface area contributed by atoms with E-state index in [9.17, 15) is 4.79 Å². The molecule has 2 aromatic rings. The van der Waals surface area contributed by atoms with Gasteiger partial charge < -0.3 is 20.3 Å². The van der Waals surface area contributed by atoms with Crippen molar-refractivity contribution < 1.29 is 9.53 Å². The van der Waals surface area contributed by atoms with Gasteiger partial charge in [0.1, 0.15) is 11.8 Å². The van der Waals surface area contributed by atoms with Gasteiger partial charge in [-0.1, -0.05) is 11.6 Å². The maximum Gasteiger partial charge on any atom is 0.272 e. The Bertz CT molecular complexity index is 952. The first kappa shape index (κ1) is 24.1. The van der Waals surface area contributed by atoms with Crippen molar-refractivity contribution in [3.63, 3.8) is 0 Å². The summed E-state index contributed by atoms with van der Waals surface area (Å²) in [5.74, 6) is 1.28. The fourth-order valence-corrected chi connectivity index (χ4v) is 4.16. The second-order valence-corrected chi connectivity index (χ2v) is 8.24. The van der Waals surface area contributed by atoms with Gasteiger partial charge in [-0.2, -0.15) is 5.26 Å². The minimum Gasteiger partial charge on any atom is -0.490 e. The average Bonchev–Trinajstić information content (AvgIpc) is 2.81. The molecular formula is C22H26Cl2N6O2. The number of hydrogen-bond donors (Lipinski definition) is 2. The van der Waals surface area contributed by atoms with E-state index in [2.05, 4.69) is 25.7 Å². The van der Waals surface area contributed by atoms with E-state index < -0.39 is 0 Å². The summed E-state index contributed by atoms with van der Waals surface area (Å²) in [6.45, 7) is 3.63. The molecule has 2 heterocycles. The van der Waals surface area contributed by atoms with Crippen molar-refractivity contribution in [2.24, 2.45) is 0 Å². The van der Waals surface area contributed by atoms with Crippen LogP contribution in [0.25, 0.3) is 0 Å². The molecular weight excluding hydrogens is 451 g/mol. The molecule has 4 rings (SSSR count). The molecule has 2 aliphatic rings. The van der Waals surface area contributed by atoms with Gasteiger partial charge in [0.05, 0.1) is 16.7 Å². The maximum atomic E-state index is 12.6. The Balaban J connectivity index is 0.00000289. The monoisotopic (exact) mass is 476 g/mol. The topological polar surface area (TPSA) is 103 Å². The lowest BCUT2D eigenvalue weighted by Crippen LogP contribution is -2.44. The minimum absolute atomic E-state index is 0. The van der Waals surface area contributed by atoms with E-state index >= 15 is 0 Å². The smallest absolute Gasteiger partial charge is 0.272 e. The van der Waals surface area contributed by atoms with Crippen LogP contribution in [0.3, 0.4) is 0 Å². The van der Waals surface area contributed by atoms with Crippen LogP contribution in [0, 0.1) is 11.3 Å². The number of nitriles is 1. The fourth-order valence-electron chi connectivity index (χ4n) is 3.95. The number of carbonyl (C=O) groups is 1. The maximum absolute atomic E-state index is 12.6. The molecule has 8 nitrogen and oxygen atoms in total. The number of anilines is 1. The molecule has 1 aromatic carbocycles. The predicted molar refractivity (Wildman–Crippen MR) is 125 cm³/mol. The highest BCUT2D eigenvalue weighted by molar-refractivity contribution is 6.31. The minimum atomic E-state index is -0.192. The molecule has 0 radical (unpaired) electrons. The average molecular weight is 477 g/mol. The van der Waals surface area contributed by atoms with Crippen LogP contribution in [-0.2, 0) is 0 Å². The third-order valence-electron chi connectivity index (χ3n) is 5.70. The lowest BCUT2D eigenvalue weighted by atomic mass is 9.93. The Labute approximate surface area is 198 Å². The molecule has 10 heteroatoms. The van der Waals surface area contributed by atoms with Gasteiger partial charge in [-0.15, -0.1) is 22.6 Å². The Morgan fingerprint density at radius 2 is 1.91 bits per heavy atom. The number of nitrogens with zero attached hydrogens (tertiary/aromatic N) is 4. The van der Waals surface area contributed by atoms with Gasteiger partial charge >= 0.3 is 0 Å². The van der Waals surface area contributed by atoms with Gasteiger partial charge in [-0.3, -0.25) is 4.79 Å². The van der Waals surface area contributed by atoms with Crippen LogP contribution in [0.15, 0.2) is 30.3 Å². The summed E-state index contributed by atoms with van der Waals surface area (Å²) in [6.07, 6.45) is 3.38. The number of benzene rings is 1. The van der Waals surface area contributed by atoms with E-state index in [1.54, 1.807) is 24.3 Å². The van der Waals surface area contributed by atoms with Crippen LogP contribution in [0.1, 0.15) is 41.7 Å². The van der Waals surface area contributed by atoms with E-state index in [-0.39, 0.29) is 30.5 Å². The summed E-state index contributed by atoms with van der Waals surface area (Å²) in [5, 5.41) is 24.1. The first-order chi connectivity index (χ1) is 15.1. The third-order valence-corrected chi connectivity index (χ3v) is 6.01. The molecule has 0 spiro atoms. The van der Waals surface area contributed by atoms with E-state index in [1.807, 2.05) is 12.1 Å². The largest absolute Gasteiger partial charge is 0.490 e. The summed E-state index contributed by atoms with van der Waals surface area (Å²) >= 11 is 6.07. The van der Waals surface area contributed by atoms with Crippen molar-refractivity contribution in [1.29, 1.82) is 5.26 Å². The summed E-state index contributed by atoms with van der Waals surface area (Å²) in [6, 6.07) is 10.8. The highest BCUT2D eigenvalue weighted by Crippen LogP contribution is 2.27. The molecule has 1 aliphatic carbocycles. The Kier molecular flexibility index (Phi) is 8.51. The number of ether oxygens (including phenoxy) is 1. The van der Waals surface area contributed by atoms with E-state index in [0.717, 1.165) is 57.7 Å². The highest BCUT2D eigenvalue weighted by atomic mass is 35.5. The first-order valence-corrected chi connectivity index (χ1v) is 11.0. The van der Waals surface area contributed by atoms with Gasteiger partial charge in [0.15, 0.2) is 11.5 Å². The quantitative estimate of drug-likeness (QED) is 0.683. The van der Waals surface area contributed by atoms with Crippen LogP contribution in [0.4, 0.5) is 5.82 Å². The number of amides is 1. The van der Waals surface area contributed by atoms with E-state index in [1.165, 1.54) is 0 Å². The van der Waals surface area contributed by atoms with E-state index in [0.29, 0.717) is 22.0 Å². The summed E-state index contributed by atoms with van der Waals surface area (Å²) in [7, 11) is 0. The van der Waals surface area contributed by atoms with Crippen molar-refractivity contribution >= 4 is 35.7 Å². The number of halogens is 2. The van der Waals surface area contributed by atoms with Gasteiger partial charge in [0, 0.05) is 38.3 Å². The van der Waals surface area contributed by atoms with Gasteiger partial charge in [0.2, 0.25) is 0 Å². The summed E-state index contributed by atoms with van der Waals surface area (Å²) in [4.78, 5) is 14.7. The molecule has 1 saturated heterocycles. The SMILES string of the molecule is Cl.N#Cc1ccc(OC2CCC(NC(=O)c3ccc(N4CCNCC4)nn3)CC2)cc1Cl. The lowest BCUT2D eigenvalue weighted by molar-refractivity contribution is 0.0888. The van der Waals surface area contributed by atoms with Gasteiger partial charge in [-0.25, -0.2) is 0 Å². The van der Waals surface area contributed by atoms with Crippen molar-refractivity contribution in [3.05, 3.63) is 46.6 Å². The van der Waals surface area contributed by atoms with Gasteiger partial charge in [0.25, 0.3) is 5.91 Å². The third kappa shape index (κ3) is 6.00. The number of hydrogen-bond acceptors (Lipinski definition) is 7. The van der Waals surface area contributed by atoms with Crippen molar-refractivity contribution in [3.8, 4) is 11.8 Å². The fraction of sp³-hybridized carbons (Fsp3) is 0.455. The molecule has 0 bridgehead atoms. The second kappa shape index (κ2) is 11.3. The zero-order valence-corrected chi connectivity index (χ0v) is 19.2. The molecule has 170 valence electrons. The zero-order valence-electron chi connectivity index (χ0n) is 17.6. The molecule has 1 aromatic heterocycles. The van der Waals surface area contributed by atoms with Crippen LogP contribution in [0.5, 0.6) is 5.75 Å². The van der Waals surface area contributed by atoms with Crippen molar-refractivity contribution in [2.45, 2.75) is 37.8 Å². The lowest BCUT2D eigenvalue weighted by Gasteiger charge is -2.29. The molecule has 1 amide bonds. The first-order valence-electron chi connectivity index (χ1n) is 10.6. The number of nitrogens with one attached hydrogen (secondary N) is 2. The number of rotatable bonds is 5. The van der Waals surface area contributed by atoms with Crippen LogP contribution in [-0.4, -0.2) is 54.4 Å². The molecule has 0 atom stereocenters. The molecule has 2 N–H and O–H groups in total. The molecule has 0 unspecified atom stereocenters. The number of aromatic nitrogens is 2. The number of piperazine rings is 1.